The van der Waals surface area contributed by atoms with E-state index < -0.39 is 0 Å². The molecule has 0 fully saturated rings. The Bertz CT molecular complexity index is 2310. The lowest BCUT2D eigenvalue weighted by molar-refractivity contribution is 0.415. The number of ether oxygens (including phenoxy) is 3. The molecule has 0 aromatic heterocycles. The van der Waals surface area contributed by atoms with Crippen LogP contribution in [0.25, 0.3) is 76.8 Å². The highest BCUT2D eigenvalue weighted by molar-refractivity contribution is 6.31. The molecular formula is C43H31FO3. The zero-order chi connectivity index (χ0) is 32.1. The van der Waals surface area contributed by atoms with Gasteiger partial charge in [0.2, 0.25) is 0 Å². The van der Waals surface area contributed by atoms with E-state index in [4.69, 9.17) is 14.2 Å². The fourth-order valence-corrected chi connectivity index (χ4v) is 6.89. The quantitative estimate of drug-likeness (QED) is 0.167. The summed E-state index contributed by atoms with van der Waals surface area (Å²) in [6.45, 7) is 0. The van der Waals surface area contributed by atoms with E-state index in [0.29, 0.717) is 0 Å². The van der Waals surface area contributed by atoms with E-state index in [2.05, 4.69) is 72.8 Å². The fraction of sp³-hybridized carbons (Fsp3) is 0.0698. The second-order valence-corrected chi connectivity index (χ2v) is 11.7. The van der Waals surface area contributed by atoms with Crippen LogP contribution in [0.3, 0.4) is 0 Å². The zero-order valence-electron chi connectivity index (χ0n) is 26.3. The van der Waals surface area contributed by atoms with Gasteiger partial charge in [0.25, 0.3) is 0 Å². The Morgan fingerprint density at radius 1 is 0.340 bits per heavy atom. The predicted octanol–water partition coefficient (Wildman–Crippen LogP) is 11.4. The third-order valence-electron chi connectivity index (χ3n) is 9.26. The van der Waals surface area contributed by atoms with Crippen molar-refractivity contribution in [3.63, 3.8) is 0 Å². The number of methoxy groups -OCH3 is 3. The lowest BCUT2D eigenvalue weighted by Crippen LogP contribution is -1.94. The first-order chi connectivity index (χ1) is 23.1. The van der Waals surface area contributed by atoms with Crippen molar-refractivity contribution >= 4 is 32.3 Å². The Morgan fingerprint density at radius 2 is 0.596 bits per heavy atom. The van der Waals surface area contributed by atoms with Crippen molar-refractivity contribution < 1.29 is 18.6 Å². The molecule has 47 heavy (non-hydrogen) atoms. The number of rotatable bonds is 7. The molecule has 4 heteroatoms. The monoisotopic (exact) mass is 614 g/mol. The van der Waals surface area contributed by atoms with Crippen molar-refractivity contribution in [2.45, 2.75) is 0 Å². The van der Waals surface area contributed by atoms with Gasteiger partial charge in [-0.05, 0) is 137 Å². The molecule has 0 atom stereocenters. The lowest BCUT2D eigenvalue weighted by Gasteiger charge is -2.21. The van der Waals surface area contributed by atoms with Crippen LogP contribution in [0, 0.1) is 5.82 Å². The summed E-state index contributed by atoms with van der Waals surface area (Å²) in [6, 6.07) is 45.0. The maximum absolute atomic E-state index is 14.1. The minimum atomic E-state index is -0.255. The summed E-state index contributed by atoms with van der Waals surface area (Å²) in [5, 5.41) is 6.97. The fourth-order valence-electron chi connectivity index (χ4n) is 6.89. The van der Waals surface area contributed by atoms with E-state index in [0.717, 1.165) is 83.3 Å². The average Bonchev–Trinajstić information content (AvgIpc) is 3.14. The van der Waals surface area contributed by atoms with Gasteiger partial charge in [-0.15, -0.1) is 0 Å². The number of halogens is 1. The third kappa shape index (κ3) is 4.81. The van der Waals surface area contributed by atoms with Crippen molar-refractivity contribution in [1.29, 1.82) is 0 Å². The van der Waals surface area contributed by atoms with Gasteiger partial charge in [0.1, 0.15) is 23.1 Å². The normalized spacial score (nSPS) is 11.4. The van der Waals surface area contributed by atoms with Gasteiger partial charge >= 0.3 is 0 Å². The van der Waals surface area contributed by atoms with Crippen LogP contribution in [0.4, 0.5) is 4.39 Å². The molecule has 0 radical (unpaired) electrons. The van der Waals surface area contributed by atoms with Gasteiger partial charge in [0.15, 0.2) is 0 Å². The van der Waals surface area contributed by atoms with Gasteiger partial charge in [0.05, 0.1) is 21.3 Å². The largest absolute Gasteiger partial charge is 0.497 e. The van der Waals surface area contributed by atoms with E-state index in [1.807, 2.05) is 48.5 Å². The average molecular weight is 615 g/mol. The number of hydrogen-bond donors (Lipinski definition) is 0. The standard InChI is InChI=1S/C43H31FO3/c1-45-31-14-6-27(7-15-31)39-24-38(26-4-12-30(44)13-5-26)34-20-21-36-40(28-8-16-32(46-2)17-9-28)25-41(29-10-18-33(47-3)19-11-29)37-23-22-35(39)42(34)43(36)37/h4-25H,1-3H3. The molecule has 0 heterocycles. The van der Waals surface area contributed by atoms with E-state index in [1.165, 1.54) is 22.9 Å². The highest BCUT2D eigenvalue weighted by Gasteiger charge is 2.21. The van der Waals surface area contributed by atoms with Gasteiger partial charge in [0, 0.05) is 0 Å². The van der Waals surface area contributed by atoms with Crippen molar-refractivity contribution in [3.8, 4) is 61.8 Å². The lowest BCUT2D eigenvalue weighted by atomic mass is 9.82. The highest BCUT2D eigenvalue weighted by Crippen LogP contribution is 2.48. The molecule has 0 aliphatic carbocycles. The molecule has 0 bridgehead atoms. The Balaban J connectivity index is 1.52. The molecule has 0 aliphatic heterocycles. The number of hydrogen-bond acceptors (Lipinski definition) is 3. The third-order valence-corrected chi connectivity index (χ3v) is 9.26. The van der Waals surface area contributed by atoms with Crippen molar-refractivity contribution in [2.75, 3.05) is 21.3 Å². The van der Waals surface area contributed by atoms with Crippen LogP contribution in [0.2, 0.25) is 0 Å². The first-order valence-corrected chi connectivity index (χ1v) is 15.5. The minimum absolute atomic E-state index is 0.255. The van der Waals surface area contributed by atoms with Gasteiger partial charge in [-0.3, -0.25) is 0 Å². The van der Waals surface area contributed by atoms with Crippen molar-refractivity contribution in [3.05, 3.63) is 139 Å². The molecule has 0 amide bonds. The summed E-state index contributed by atoms with van der Waals surface area (Å²) >= 11 is 0. The van der Waals surface area contributed by atoms with Crippen LogP contribution in [0.5, 0.6) is 17.2 Å². The Hall–Kier alpha value is -5.87. The molecule has 0 aliphatic rings. The van der Waals surface area contributed by atoms with Crippen LogP contribution < -0.4 is 14.2 Å². The predicted molar refractivity (Wildman–Crippen MR) is 192 cm³/mol. The van der Waals surface area contributed by atoms with E-state index in [-0.39, 0.29) is 5.82 Å². The van der Waals surface area contributed by atoms with Gasteiger partial charge in [-0.1, -0.05) is 72.8 Å². The molecule has 0 saturated carbocycles. The topological polar surface area (TPSA) is 27.7 Å². The van der Waals surface area contributed by atoms with Crippen LogP contribution >= 0.6 is 0 Å². The molecule has 0 unspecified atom stereocenters. The van der Waals surface area contributed by atoms with Crippen LogP contribution in [-0.2, 0) is 0 Å². The van der Waals surface area contributed by atoms with Crippen LogP contribution in [0.1, 0.15) is 0 Å². The molecule has 3 nitrogen and oxygen atoms in total. The summed E-state index contributed by atoms with van der Waals surface area (Å²) < 4.78 is 30.6. The molecule has 0 N–H and O–H groups in total. The second-order valence-electron chi connectivity index (χ2n) is 11.7. The molecule has 8 aromatic carbocycles. The summed E-state index contributed by atoms with van der Waals surface area (Å²) in [6.07, 6.45) is 0. The molecule has 8 aromatic rings. The molecule has 0 spiro atoms. The van der Waals surface area contributed by atoms with E-state index in [9.17, 15) is 4.39 Å². The maximum Gasteiger partial charge on any atom is 0.123 e. The Labute approximate surface area is 272 Å². The highest BCUT2D eigenvalue weighted by atomic mass is 19.1. The van der Waals surface area contributed by atoms with Gasteiger partial charge in [-0.25, -0.2) is 4.39 Å². The zero-order valence-corrected chi connectivity index (χ0v) is 26.3. The SMILES string of the molecule is COc1ccc(-c2cc(-c3ccc(F)cc3)c3ccc4c(-c5ccc(OC)cc5)cc(-c5ccc(OC)cc5)c5ccc2c3c45)cc1. The molecule has 0 saturated heterocycles. The first-order valence-electron chi connectivity index (χ1n) is 15.5. The summed E-state index contributed by atoms with van der Waals surface area (Å²) in [4.78, 5) is 0. The van der Waals surface area contributed by atoms with Crippen molar-refractivity contribution in [2.24, 2.45) is 0 Å². The van der Waals surface area contributed by atoms with Crippen LogP contribution in [-0.4, -0.2) is 21.3 Å². The molecule has 8 rings (SSSR count). The van der Waals surface area contributed by atoms with Gasteiger partial charge < -0.3 is 14.2 Å². The Morgan fingerprint density at radius 3 is 0.851 bits per heavy atom. The maximum atomic E-state index is 14.1. The second kappa shape index (κ2) is 11.5. The summed E-state index contributed by atoms with van der Waals surface area (Å²) in [7, 11) is 5.05. The smallest absolute Gasteiger partial charge is 0.123 e. The van der Waals surface area contributed by atoms with Gasteiger partial charge in [-0.2, -0.15) is 0 Å². The van der Waals surface area contributed by atoms with Crippen molar-refractivity contribution in [1.82, 2.24) is 0 Å². The molecule has 228 valence electrons. The summed E-state index contributed by atoms with van der Waals surface area (Å²) in [5.41, 5.74) is 8.69. The van der Waals surface area contributed by atoms with E-state index in [1.54, 1.807) is 21.3 Å². The van der Waals surface area contributed by atoms with E-state index >= 15 is 0 Å². The Kier molecular flexibility index (Phi) is 6.99. The minimum Gasteiger partial charge on any atom is -0.497 e. The first kappa shape index (κ1) is 28.6. The molecular weight excluding hydrogens is 583 g/mol. The number of benzene rings is 8. The van der Waals surface area contributed by atoms with Crippen LogP contribution in [0.15, 0.2) is 133 Å². The summed E-state index contributed by atoms with van der Waals surface area (Å²) in [5.74, 6) is 2.18.